The van der Waals surface area contributed by atoms with E-state index in [4.69, 9.17) is 5.73 Å². The van der Waals surface area contributed by atoms with E-state index in [9.17, 15) is 0 Å². The van der Waals surface area contributed by atoms with Gasteiger partial charge in [0.15, 0.2) is 0 Å². The van der Waals surface area contributed by atoms with E-state index in [0.717, 1.165) is 10.4 Å². The van der Waals surface area contributed by atoms with Crippen LogP contribution >= 0.6 is 11.3 Å². The van der Waals surface area contributed by atoms with E-state index in [0.29, 0.717) is 0 Å². The molecule has 0 saturated heterocycles. The Morgan fingerprint density at radius 3 is 2.38 bits per heavy atom. The zero-order valence-corrected chi connectivity index (χ0v) is 7.92. The molecule has 0 bridgehead atoms. The average Bonchev–Trinajstić information content (AvgIpc) is 2.71. The molecule has 1 nitrogen and oxygen atoms in total. The summed E-state index contributed by atoms with van der Waals surface area (Å²) in [5.74, 6) is 0. The second-order valence-corrected chi connectivity index (χ2v) is 3.84. The molecule has 1 aromatic carbocycles. The standard InChI is InChI=1S/C11H10NS/c12-11(10-7-4-8-13-10)9-5-2-1-3-6-9/h1-8,11-12H. The highest BCUT2D eigenvalue weighted by Crippen LogP contribution is 2.24. The largest absolute Gasteiger partial charge is 0.244 e. The van der Waals surface area contributed by atoms with Crippen molar-refractivity contribution in [3.8, 4) is 0 Å². The first kappa shape index (κ1) is 8.48. The third kappa shape index (κ3) is 1.79. The van der Waals surface area contributed by atoms with Crippen LogP contribution in [0.3, 0.4) is 0 Å². The summed E-state index contributed by atoms with van der Waals surface area (Å²) in [6.45, 7) is 0. The molecule has 0 fully saturated rings. The molecular formula is C11H10NS. The fourth-order valence-corrected chi connectivity index (χ4v) is 2.01. The normalized spacial score (nSPS) is 12.7. The van der Waals surface area contributed by atoms with Crippen molar-refractivity contribution < 1.29 is 0 Å². The Labute approximate surface area is 81.8 Å². The van der Waals surface area contributed by atoms with Crippen molar-refractivity contribution >= 4 is 11.3 Å². The quantitative estimate of drug-likeness (QED) is 0.691. The zero-order chi connectivity index (χ0) is 9.10. The molecule has 1 heterocycles. The molecule has 65 valence electrons. The third-order valence-electron chi connectivity index (χ3n) is 1.96. The molecule has 2 aromatic rings. The van der Waals surface area contributed by atoms with Gasteiger partial charge in [-0.2, -0.15) is 0 Å². The minimum Gasteiger partial charge on any atom is -0.244 e. The smallest absolute Gasteiger partial charge is 0.0805 e. The van der Waals surface area contributed by atoms with Gasteiger partial charge in [-0.15, -0.1) is 11.3 Å². The van der Waals surface area contributed by atoms with Gasteiger partial charge < -0.3 is 0 Å². The second-order valence-electron chi connectivity index (χ2n) is 2.86. The van der Waals surface area contributed by atoms with Crippen LogP contribution in [0.25, 0.3) is 0 Å². The predicted molar refractivity (Wildman–Crippen MR) is 55.7 cm³/mol. The SMILES string of the molecule is [NH]C(c1ccccc1)c1cccs1. The first-order valence-corrected chi connectivity index (χ1v) is 5.05. The molecule has 1 atom stereocenters. The molecule has 0 aliphatic carbocycles. The molecule has 0 amide bonds. The molecule has 1 unspecified atom stereocenters. The van der Waals surface area contributed by atoms with Crippen molar-refractivity contribution in [3.63, 3.8) is 0 Å². The first-order chi connectivity index (χ1) is 6.38. The minimum atomic E-state index is -0.221. The first-order valence-electron chi connectivity index (χ1n) is 4.17. The Kier molecular flexibility index (Phi) is 2.43. The van der Waals surface area contributed by atoms with Crippen LogP contribution in [0.5, 0.6) is 0 Å². The van der Waals surface area contributed by atoms with Gasteiger partial charge in [-0.05, 0) is 17.0 Å². The third-order valence-corrected chi connectivity index (χ3v) is 2.90. The van der Waals surface area contributed by atoms with E-state index >= 15 is 0 Å². The fraction of sp³-hybridized carbons (Fsp3) is 0.0909. The molecule has 0 aliphatic heterocycles. The minimum absolute atomic E-state index is 0.221. The Bertz CT molecular complexity index is 353. The van der Waals surface area contributed by atoms with E-state index in [1.165, 1.54) is 0 Å². The molecule has 1 aromatic heterocycles. The Morgan fingerprint density at radius 1 is 1.00 bits per heavy atom. The van der Waals surface area contributed by atoms with Crippen LogP contribution in [0.2, 0.25) is 0 Å². The van der Waals surface area contributed by atoms with Crippen molar-refractivity contribution in [3.05, 3.63) is 58.3 Å². The van der Waals surface area contributed by atoms with Crippen LogP contribution in [-0.4, -0.2) is 0 Å². The van der Waals surface area contributed by atoms with Crippen molar-refractivity contribution in [1.82, 2.24) is 5.73 Å². The van der Waals surface area contributed by atoms with E-state index in [-0.39, 0.29) is 6.04 Å². The maximum absolute atomic E-state index is 7.98. The molecule has 13 heavy (non-hydrogen) atoms. The lowest BCUT2D eigenvalue weighted by molar-refractivity contribution is 0.859. The molecule has 0 saturated carbocycles. The van der Waals surface area contributed by atoms with Crippen LogP contribution in [0, 0.1) is 0 Å². The summed E-state index contributed by atoms with van der Waals surface area (Å²) in [5.41, 5.74) is 9.04. The van der Waals surface area contributed by atoms with Gasteiger partial charge >= 0.3 is 0 Å². The zero-order valence-electron chi connectivity index (χ0n) is 7.10. The highest BCUT2D eigenvalue weighted by atomic mass is 32.1. The predicted octanol–water partition coefficient (Wildman–Crippen LogP) is 3.12. The van der Waals surface area contributed by atoms with E-state index < -0.39 is 0 Å². The lowest BCUT2D eigenvalue weighted by Gasteiger charge is -2.07. The summed E-state index contributed by atoms with van der Waals surface area (Å²) >= 11 is 1.64. The van der Waals surface area contributed by atoms with Gasteiger partial charge in [-0.3, -0.25) is 0 Å². The van der Waals surface area contributed by atoms with E-state index in [1.54, 1.807) is 11.3 Å². The van der Waals surface area contributed by atoms with Crippen molar-refractivity contribution in [2.45, 2.75) is 6.04 Å². The number of nitrogens with one attached hydrogen (secondary N) is 1. The molecular weight excluding hydrogens is 178 g/mol. The van der Waals surface area contributed by atoms with Gasteiger partial charge in [-0.25, -0.2) is 5.73 Å². The lowest BCUT2D eigenvalue weighted by atomic mass is 10.1. The molecule has 1 N–H and O–H groups in total. The summed E-state index contributed by atoms with van der Waals surface area (Å²) in [7, 11) is 0. The Morgan fingerprint density at radius 2 is 1.77 bits per heavy atom. The highest BCUT2D eigenvalue weighted by Gasteiger charge is 2.08. The van der Waals surface area contributed by atoms with Crippen LogP contribution in [0.15, 0.2) is 47.8 Å². The molecule has 0 aliphatic rings. The average molecular weight is 188 g/mol. The van der Waals surface area contributed by atoms with Gasteiger partial charge in [0.05, 0.1) is 6.04 Å². The molecule has 2 rings (SSSR count). The summed E-state index contributed by atoms with van der Waals surface area (Å²) < 4.78 is 0. The maximum atomic E-state index is 7.98. The topological polar surface area (TPSA) is 23.8 Å². The number of rotatable bonds is 2. The maximum Gasteiger partial charge on any atom is 0.0805 e. The Hall–Kier alpha value is -1.12. The number of hydrogen-bond donors (Lipinski definition) is 0. The van der Waals surface area contributed by atoms with E-state index in [2.05, 4.69) is 0 Å². The number of hydrogen-bond acceptors (Lipinski definition) is 1. The second kappa shape index (κ2) is 3.73. The van der Waals surface area contributed by atoms with Gasteiger partial charge in [0, 0.05) is 4.88 Å². The summed E-state index contributed by atoms with van der Waals surface area (Å²) in [5, 5.41) is 2.01. The summed E-state index contributed by atoms with van der Waals surface area (Å²) in [6.07, 6.45) is 0. The van der Waals surface area contributed by atoms with Crippen LogP contribution < -0.4 is 5.73 Å². The number of benzene rings is 1. The van der Waals surface area contributed by atoms with Crippen LogP contribution in [-0.2, 0) is 0 Å². The molecule has 0 spiro atoms. The molecule has 1 radical (unpaired) electrons. The summed E-state index contributed by atoms with van der Waals surface area (Å²) in [6, 6.07) is 13.7. The van der Waals surface area contributed by atoms with Gasteiger partial charge in [0.2, 0.25) is 0 Å². The Balaban J connectivity index is 2.29. The van der Waals surface area contributed by atoms with Gasteiger partial charge in [0.25, 0.3) is 0 Å². The van der Waals surface area contributed by atoms with Gasteiger partial charge in [-0.1, -0.05) is 36.4 Å². The van der Waals surface area contributed by atoms with Crippen molar-refractivity contribution in [2.24, 2.45) is 0 Å². The molecule has 2 heteroatoms. The van der Waals surface area contributed by atoms with Crippen molar-refractivity contribution in [2.75, 3.05) is 0 Å². The number of thiophene rings is 1. The van der Waals surface area contributed by atoms with Crippen LogP contribution in [0.4, 0.5) is 0 Å². The fourth-order valence-electron chi connectivity index (χ4n) is 1.27. The van der Waals surface area contributed by atoms with Crippen LogP contribution in [0.1, 0.15) is 16.5 Å². The summed E-state index contributed by atoms with van der Waals surface area (Å²) in [4.78, 5) is 1.10. The monoisotopic (exact) mass is 188 g/mol. The lowest BCUT2D eigenvalue weighted by Crippen LogP contribution is -1.98. The van der Waals surface area contributed by atoms with Gasteiger partial charge in [0.1, 0.15) is 0 Å². The van der Waals surface area contributed by atoms with Crippen molar-refractivity contribution in [1.29, 1.82) is 0 Å². The van der Waals surface area contributed by atoms with E-state index in [1.807, 2.05) is 47.8 Å². The highest BCUT2D eigenvalue weighted by molar-refractivity contribution is 7.10.